The highest BCUT2D eigenvalue weighted by molar-refractivity contribution is 7.80. The lowest BCUT2D eigenvalue weighted by molar-refractivity contribution is -0.129. The Morgan fingerprint density at radius 1 is 1.42 bits per heavy atom. The van der Waals surface area contributed by atoms with Crippen molar-refractivity contribution in [3.05, 3.63) is 35.4 Å². The molecule has 0 aromatic heterocycles. The lowest BCUT2D eigenvalue weighted by Crippen LogP contribution is -2.39. The van der Waals surface area contributed by atoms with Gasteiger partial charge in [0.2, 0.25) is 5.91 Å². The van der Waals surface area contributed by atoms with Crippen LogP contribution in [0.4, 0.5) is 8.78 Å². The number of hydrogen-bond donors (Lipinski definition) is 1. The minimum Gasteiger partial charge on any atom is -0.392 e. The molecule has 6 heteroatoms. The fraction of sp³-hybridized carbons (Fsp3) is 0.385. The first-order valence-electron chi connectivity index (χ1n) is 5.94. The molecule has 3 nitrogen and oxygen atoms in total. The van der Waals surface area contributed by atoms with Gasteiger partial charge in [0.05, 0.1) is 18.0 Å². The van der Waals surface area contributed by atoms with Gasteiger partial charge in [-0.1, -0.05) is 25.2 Å². The molecule has 19 heavy (non-hydrogen) atoms. The zero-order valence-electron chi connectivity index (χ0n) is 10.7. The van der Waals surface area contributed by atoms with Crippen LogP contribution in [0.25, 0.3) is 0 Å². The largest absolute Gasteiger partial charge is 0.392 e. The maximum atomic E-state index is 13.5. The highest BCUT2D eigenvalue weighted by Gasteiger charge is 2.16. The van der Waals surface area contributed by atoms with E-state index in [9.17, 15) is 13.6 Å². The van der Waals surface area contributed by atoms with Crippen molar-refractivity contribution in [3.63, 3.8) is 0 Å². The van der Waals surface area contributed by atoms with Crippen molar-refractivity contribution in [1.82, 2.24) is 4.90 Å². The molecular weight excluding hydrogens is 270 g/mol. The molecular formula is C13H16F2N2OS. The third kappa shape index (κ3) is 4.90. The predicted octanol–water partition coefficient (Wildman–Crippen LogP) is 2.03. The summed E-state index contributed by atoms with van der Waals surface area (Å²) in [5.74, 6) is -1.66. The fourth-order valence-corrected chi connectivity index (χ4v) is 1.85. The van der Waals surface area contributed by atoms with Crippen molar-refractivity contribution in [2.24, 2.45) is 5.73 Å². The van der Waals surface area contributed by atoms with Gasteiger partial charge in [0.25, 0.3) is 0 Å². The number of carbonyl (C=O) groups excluding carboxylic acids is 1. The Kier molecular flexibility index (Phi) is 5.82. The molecule has 1 amide bonds. The molecule has 0 saturated heterocycles. The minimum absolute atomic E-state index is 0.130. The van der Waals surface area contributed by atoms with Crippen LogP contribution in [0.2, 0.25) is 0 Å². The van der Waals surface area contributed by atoms with E-state index in [0.29, 0.717) is 6.54 Å². The second-order valence-electron chi connectivity index (χ2n) is 4.19. The molecule has 1 rings (SSSR count). The number of hydrogen-bond acceptors (Lipinski definition) is 2. The van der Waals surface area contributed by atoms with Crippen LogP contribution in [0, 0.1) is 11.6 Å². The first-order chi connectivity index (χ1) is 8.93. The van der Waals surface area contributed by atoms with E-state index in [-0.39, 0.29) is 29.4 Å². The second-order valence-corrected chi connectivity index (χ2v) is 4.72. The number of amides is 1. The van der Waals surface area contributed by atoms with Crippen molar-refractivity contribution in [3.8, 4) is 0 Å². The number of halogens is 2. The molecule has 0 radical (unpaired) electrons. The first-order valence-corrected chi connectivity index (χ1v) is 6.34. The van der Waals surface area contributed by atoms with Gasteiger partial charge in [0, 0.05) is 12.6 Å². The van der Waals surface area contributed by atoms with Gasteiger partial charge in [-0.15, -0.1) is 0 Å². The average molecular weight is 286 g/mol. The molecule has 0 aliphatic carbocycles. The lowest BCUT2D eigenvalue weighted by Gasteiger charge is -2.21. The monoisotopic (exact) mass is 286 g/mol. The number of thiocarbonyl (C=S) groups is 1. The van der Waals surface area contributed by atoms with Gasteiger partial charge in [-0.05, 0) is 18.1 Å². The van der Waals surface area contributed by atoms with E-state index in [1.165, 1.54) is 11.0 Å². The molecule has 1 aromatic carbocycles. The second kappa shape index (κ2) is 7.13. The van der Waals surface area contributed by atoms with Crippen LogP contribution in [-0.2, 0) is 11.2 Å². The van der Waals surface area contributed by atoms with Crippen molar-refractivity contribution >= 4 is 23.1 Å². The number of rotatable bonds is 6. The van der Waals surface area contributed by atoms with E-state index in [0.717, 1.165) is 18.6 Å². The summed E-state index contributed by atoms with van der Waals surface area (Å²) in [7, 11) is 0. The van der Waals surface area contributed by atoms with Crippen LogP contribution < -0.4 is 5.73 Å². The number of nitrogens with two attached hydrogens (primary N) is 1. The normalized spacial score (nSPS) is 10.3. The van der Waals surface area contributed by atoms with E-state index < -0.39 is 11.6 Å². The molecule has 2 N–H and O–H groups in total. The van der Waals surface area contributed by atoms with Gasteiger partial charge in [-0.2, -0.15) is 0 Å². The molecule has 0 bridgehead atoms. The van der Waals surface area contributed by atoms with Crippen LogP contribution >= 0.6 is 12.2 Å². The summed E-state index contributed by atoms with van der Waals surface area (Å²) in [6.07, 6.45) is 0.620. The number of carbonyl (C=O) groups is 1. The molecule has 104 valence electrons. The molecule has 0 atom stereocenters. The van der Waals surface area contributed by atoms with E-state index in [1.807, 2.05) is 6.92 Å². The zero-order chi connectivity index (χ0) is 14.4. The van der Waals surface area contributed by atoms with Gasteiger partial charge in [0.1, 0.15) is 11.6 Å². The minimum atomic E-state index is -0.722. The summed E-state index contributed by atoms with van der Waals surface area (Å²) >= 11 is 4.77. The lowest BCUT2D eigenvalue weighted by atomic mass is 10.1. The quantitative estimate of drug-likeness (QED) is 0.814. The smallest absolute Gasteiger partial charge is 0.227 e. The highest BCUT2D eigenvalue weighted by Crippen LogP contribution is 2.11. The zero-order valence-corrected chi connectivity index (χ0v) is 11.5. The third-order valence-corrected chi connectivity index (χ3v) is 2.68. The molecule has 0 unspecified atom stereocenters. The summed E-state index contributed by atoms with van der Waals surface area (Å²) < 4.78 is 26.2. The third-order valence-electron chi connectivity index (χ3n) is 2.55. The van der Waals surface area contributed by atoms with Crippen LogP contribution in [-0.4, -0.2) is 28.9 Å². The van der Waals surface area contributed by atoms with Crippen molar-refractivity contribution in [1.29, 1.82) is 0 Å². The van der Waals surface area contributed by atoms with Crippen LogP contribution in [0.15, 0.2) is 18.2 Å². The molecule has 0 fully saturated rings. The maximum absolute atomic E-state index is 13.5. The van der Waals surface area contributed by atoms with Gasteiger partial charge >= 0.3 is 0 Å². The summed E-state index contributed by atoms with van der Waals surface area (Å²) in [5, 5.41) is 0. The maximum Gasteiger partial charge on any atom is 0.227 e. The first kappa shape index (κ1) is 15.5. The molecule has 0 aliphatic rings. The summed E-state index contributed by atoms with van der Waals surface area (Å²) in [6, 6.07) is 3.16. The van der Waals surface area contributed by atoms with Crippen LogP contribution in [0.1, 0.15) is 18.9 Å². The van der Waals surface area contributed by atoms with Gasteiger partial charge < -0.3 is 10.6 Å². The molecule has 1 aromatic rings. The Balaban J connectivity index is 2.77. The van der Waals surface area contributed by atoms with Gasteiger partial charge in [-0.25, -0.2) is 8.78 Å². The summed E-state index contributed by atoms with van der Waals surface area (Å²) in [4.78, 5) is 13.7. The van der Waals surface area contributed by atoms with Crippen LogP contribution in [0.5, 0.6) is 0 Å². The molecule has 0 heterocycles. The predicted molar refractivity (Wildman–Crippen MR) is 73.7 cm³/mol. The Morgan fingerprint density at radius 3 is 2.63 bits per heavy atom. The van der Waals surface area contributed by atoms with E-state index >= 15 is 0 Å². The topological polar surface area (TPSA) is 46.3 Å². The van der Waals surface area contributed by atoms with Crippen molar-refractivity contribution in [2.45, 2.75) is 19.8 Å². The van der Waals surface area contributed by atoms with E-state index in [1.54, 1.807) is 0 Å². The van der Waals surface area contributed by atoms with E-state index in [2.05, 4.69) is 0 Å². The van der Waals surface area contributed by atoms with Crippen molar-refractivity contribution in [2.75, 3.05) is 13.1 Å². The van der Waals surface area contributed by atoms with Crippen LogP contribution in [0.3, 0.4) is 0 Å². The average Bonchev–Trinajstić information content (AvgIpc) is 2.31. The van der Waals surface area contributed by atoms with Gasteiger partial charge in [0.15, 0.2) is 0 Å². The van der Waals surface area contributed by atoms with Crippen molar-refractivity contribution < 1.29 is 13.6 Å². The number of nitrogens with zero attached hydrogens (tertiary/aromatic N) is 1. The molecule has 0 aliphatic heterocycles. The Morgan fingerprint density at radius 2 is 2.11 bits per heavy atom. The summed E-state index contributed by atoms with van der Waals surface area (Å²) in [5.41, 5.74) is 5.58. The van der Waals surface area contributed by atoms with Gasteiger partial charge in [-0.3, -0.25) is 4.79 Å². The summed E-state index contributed by atoms with van der Waals surface area (Å²) in [6.45, 7) is 2.59. The molecule has 0 spiro atoms. The Bertz CT molecular complexity index is 480. The standard InChI is InChI=1S/C13H16F2N2OS/c1-2-5-17(8-12(16)19)13(18)6-9-3-4-10(14)7-11(9)15/h3-4,7H,2,5-6,8H2,1H3,(H2,16,19). The number of benzene rings is 1. The SMILES string of the molecule is CCCN(CC(N)=S)C(=O)Cc1ccc(F)cc1F. The molecule has 0 saturated carbocycles. The highest BCUT2D eigenvalue weighted by atomic mass is 32.1. The van der Waals surface area contributed by atoms with E-state index in [4.69, 9.17) is 18.0 Å². The Labute approximate surface area is 116 Å². The fourth-order valence-electron chi connectivity index (χ4n) is 1.69. The Hall–Kier alpha value is -1.56.